The monoisotopic (exact) mass is 473 g/mol. The minimum atomic E-state index is -3.74. The number of thiazole rings is 1. The Hall–Kier alpha value is -3.21. The number of hydrogen-bond acceptors (Lipinski definition) is 7. The maximum Gasteiger partial charge on any atom is 0.261 e. The van der Waals surface area contributed by atoms with Gasteiger partial charge in [-0.1, -0.05) is 23.5 Å². The molecule has 1 aromatic heterocycles. The van der Waals surface area contributed by atoms with Gasteiger partial charge >= 0.3 is 0 Å². The number of benzene rings is 2. The summed E-state index contributed by atoms with van der Waals surface area (Å²) in [5.74, 6) is 0.523. The molecule has 8 nitrogen and oxygen atoms in total. The highest BCUT2D eigenvalue weighted by Crippen LogP contribution is 2.31. The molecule has 0 fully saturated rings. The SMILES string of the molecule is C=CCN(CC=C)S(=O)(=O)c1ccc2nc(NC(=O)c3ccc(OC)cc3OC)sc2c1. The standard InChI is InChI=1S/C22H23N3O5S2/c1-5-11-25(12-6-2)32(27,28)16-8-10-18-20(14-16)31-22(23-18)24-21(26)17-9-7-15(29-3)13-19(17)30-4/h5-10,13-14H,1-2,11-12H2,3-4H3,(H,23,24,26). The second kappa shape index (κ2) is 9.94. The van der Waals surface area contributed by atoms with E-state index in [4.69, 9.17) is 9.47 Å². The fourth-order valence-electron chi connectivity index (χ4n) is 2.98. The molecular weight excluding hydrogens is 450 g/mol. The van der Waals surface area contributed by atoms with Gasteiger partial charge in [0, 0.05) is 19.2 Å². The quantitative estimate of drug-likeness (QED) is 0.448. The number of ether oxygens (including phenoxy) is 2. The van der Waals surface area contributed by atoms with Crippen LogP contribution in [0.3, 0.4) is 0 Å². The number of rotatable bonds is 10. The third kappa shape index (κ3) is 4.82. The first-order chi connectivity index (χ1) is 15.3. The Kier molecular flexibility index (Phi) is 7.29. The maximum atomic E-state index is 13.0. The topological polar surface area (TPSA) is 97.8 Å². The molecule has 10 heteroatoms. The van der Waals surface area contributed by atoms with Gasteiger partial charge in [-0.15, -0.1) is 13.2 Å². The van der Waals surface area contributed by atoms with Crippen LogP contribution in [0.4, 0.5) is 5.13 Å². The summed E-state index contributed by atoms with van der Waals surface area (Å²) < 4.78 is 38.3. The first-order valence-corrected chi connectivity index (χ1v) is 11.8. The van der Waals surface area contributed by atoms with Gasteiger partial charge in [-0.05, 0) is 30.3 Å². The van der Waals surface area contributed by atoms with Gasteiger partial charge in [0.25, 0.3) is 5.91 Å². The van der Waals surface area contributed by atoms with Crippen LogP contribution in [-0.2, 0) is 10.0 Å². The lowest BCUT2D eigenvalue weighted by Gasteiger charge is -2.18. The van der Waals surface area contributed by atoms with Gasteiger partial charge in [0.1, 0.15) is 11.5 Å². The van der Waals surface area contributed by atoms with Crippen LogP contribution < -0.4 is 14.8 Å². The predicted octanol–water partition coefficient (Wildman–Crippen LogP) is 3.93. The lowest BCUT2D eigenvalue weighted by Crippen LogP contribution is -2.31. The molecule has 0 aliphatic rings. The number of hydrogen-bond donors (Lipinski definition) is 1. The van der Waals surface area contributed by atoms with Gasteiger partial charge in [0.15, 0.2) is 5.13 Å². The number of methoxy groups -OCH3 is 2. The summed E-state index contributed by atoms with van der Waals surface area (Å²) in [5, 5.41) is 3.08. The molecular formula is C22H23N3O5S2. The molecule has 3 rings (SSSR count). The highest BCUT2D eigenvalue weighted by Gasteiger charge is 2.23. The van der Waals surface area contributed by atoms with E-state index >= 15 is 0 Å². The van der Waals surface area contributed by atoms with Crippen molar-refractivity contribution in [3.8, 4) is 11.5 Å². The van der Waals surface area contributed by atoms with Crippen molar-refractivity contribution in [2.45, 2.75) is 4.90 Å². The van der Waals surface area contributed by atoms with Crippen LogP contribution >= 0.6 is 11.3 Å². The van der Waals surface area contributed by atoms with Crippen LogP contribution in [0.25, 0.3) is 10.2 Å². The van der Waals surface area contributed by atoms with Crippen molar-refractivity contribution in [2.75, 3.05) is 32.6 Å². The van der Waals surface area contributed by atoms with Crippen molar-refractivity contribution >= 4 is 42.6 Å². The number of carbonyl (C=O) groups excluding carboxylic acids is 1. The van der Waals surface area contributed by atoms with Gasteiger partial charge in [-0.3, -0.25) is 10.1 Å². The van der Waals surface area contributed by atoms with Crippen molar-refractivity contribution in [3.05, 3.63) is 67.3 Å². The average Bonchev–Trinajstić information content (AvgIpc) is 3.19. The summed E-state index contributed by atoms with van der Waals surface area (Å²) >= 11 is 1.18. The number of fused-ring (bicyclic) bond motifs is 1. The molecule has 0 aliphatic heterocycles. The Balaban J connectivity index is 1.89. The van der Waals surface area contributed by atoms with Gasteiger partial charge in [-0.25, -0.2) is 13.4 Å². The Bertz CT molecular complexity index is 1260. The van der Waals surface area contributed by atoms with Crippen molar-refractivity contribution in [3.63, 3.8) is 0 Å². The average molecular weight is 474 g/mol. The van der Waals surface area contributed by atoms with Crippen LogP contribution in [-0.4, -0.2) is 50.9 Å². The van der Waals surface area contributed by atoms with E-state index in [1.165, 1.54) is 48.1 Å². The van der Waals surface area contributed by atoms with E-state index in [9.17, 15) is 13.2 Å². The Morgan fingerprint density at radius 1 is 1.12 bits per heavy atom. The Labute approximate surface area is 190 Å². The minimum Gasteiger partial charge on any atom is -0.497 e. The fourth-order valence-corrected chi connectivity index (χ4v) is 5.36. The Morgan fingerprint density at radius 3 is 2.47 bits per heavy atom. The van der Waals surface area contributed by atoms with Crippen LogP contribution in [0.1, 0.15) is 10.4 Å². The molecule has 1 N–H and O–H groups in total. The summed E-state index contributed by atoms with van der Waals surface area (Å²) in [6, 6.07) is 9.52. The molecule has 0 bridgehead atoms. The minimum absolute atomic E-state index is 0.132. The number of nitrogens with zero attached hydrogens (tertiary/aromatic N) is 2. The highest BCUT2D eigenvalue weighted by molar-refractivity contribution is 7.89. The summed E-state index contributed by atoms with van der Waals surface area (Å²) in [5.41, 5.74) is 0.894. The van der Waals surface area contributed by atoms with Crippen LogP contribution in [0.5, 0.6) is 11.5 Å². The fraction of sp³-hybridized carbons (Fsp3) is 0.182. The highest BCUT2D eigenvalue weighted by atomic mass is 32.2. The zero-order chi connectivity index (χ0) is 23.3. The number of anilines is 1. The van der Waals surface area contributed by atoms with E-state index in [2.05, 4.69) is 23.5 Å². The van der Waals surface area contributed by atoms with Crippen LogP contribution in [0.2, 0.25) is 0 Å². The van der Waals surface area contributed by atoms with Crippen LogP contribution in [0, 0.1) is 0 Å². The van der Waals surface area contributed by atoms with E-state index in [-0.39, 0.29) is 18.0 Å². The molecule has 0 saturated carbocycles. The molecule has 168 valence electrons. The third-order valence-electron chi connectivity index (χ3n) is 4.54. The van der Waals surface area contributed by atoms with Gasteiger partial charge in [-0.2, -0.15) is 4.31 Å². The largest absolute Gasteiger partial charge is 0.497 e. The zero-order valence-electron chi connectivity index (χ0n) is 17.7. The number of sulfonamides is 1. The van der Waals surface area contributed by atoms with Crippen molar-refractivity contribution in [1.82, 2.24) is 9.29 Å². The van der Waals surface area contributed by atoms with Crippen molar-refractivity contribution in [2.24, 2.45) is 0 Å². The molecule has 0 spiro atoms. The van der Waals surface area contributed by atoms with E-state index in [1.807, 2.05) is 0 Å². The lowest BCUT2D eigenvalue weighted by atomic mass is 10.2. The van der Waals surface area contributed by atoms with E-state index in [1.54, 1.807) is 30.3 Å². The molecule has 1 heterocycles. The third-order valence-corrected chi connectivity index (χ3v) is 7.30. The molecule has 3 aromatic rings. The number of amides is 1. The lowest BCUT2D eigenvalue weighted by molar-refractivity contribution is 0.102. The molecule has 1 amide bonds. The van der Waals surface area contributed by atoms with E-state index in [0.29, 0.717) is 32.4 Å². The molecule has 0 radical (unpaired) electrons. The van der Waals surface area contributed by atoms with Gasteiger partial charge < -0.3 is 9.47 Å². The van der Waals surface area contributed by atoms with E-state index in [0.717, 1.165) is 0 Å². The van der Waals surface area contributed by atoms with E-state index < -0.39 is 15.9 Å². The second-order valence-electron chi connectivity index (χ2n) is 6.57. The first kappa shape index (κ1) is 23.5. The number of aromatic nitrogens is 1. The van der Waals surface area contributed by atoms with Crippen molar-refractivity contribution < 1.29 is 22.7 Å². The normalized spacial score (nSPS) is 11.3. The van der Waals surface area contributed by atoms with Crippen molar-refractivity contribution in [1.29, 1.82) is 0 Å². The second-order valence-corrected chi connectivity index (χ2v) is 9.54. The maximum absolute atomic E-state index is 13.0. The summed E-state index contributed by atoms with van der Waals surface area (Å²) in [6.07, 6.45) is 3.04. The van der Waals surface area contributed by atoms with Gasteiger partial charge in [0.2, 0.25) is 10.0 Å². The molecule has 0 saturated heterocycles. The summed E-state index contributed by atoms with van der Waals surface area (Å²) in [6.45, 7) is 7.56. The zero-order valence-corrected chi connectivity index (χ0v) is 19.3. The van der Waals surface area contributed by atoms with Gasteiger partial charge in [0.05, 0.1) is 34.9 Å². The molecule has 32 heavy (non-hydrogen) atoms. The molecule has 0 aliphatic carbocycles. The smallest absolute Gasteiger partial charge is 0.261 e. The summed E-state index contributed by atoms with van der Waals surface area (Å²) in [4.78, 5) is 17.3. The molecule has 2 aromatic carbocycles. The summed E-state index contributed by atoms with van der Waals surface area (Å²) in [7, 11) is -0.744. The number of nitrogens with one attached hydrogen (secondary N) is 1. The number of carbonyl (C=O) groups is 1. The predicted molar refractivity (Wildman–Crippen MR) is 126 cm³/mol. The molecule has 0 atom stereocenters. The Morgan fingerprint density at radius 2 is 1.84 bits per heavy atom. The molecule has 0 unspecified atom stereocenters. The first-order valence-electron chi connectivity index (χ1n) is 9.50. The van der Waals surface area contributed by atoms with Crippen LogP contribution in [0.15, 0.2) is 66.6 Å².